The summed E-state index contributed by atoms with van der Waals surface area (Å²) in [6.07, 6.45) is 0. The fourth-order valence-corrected chi connectivity index (χ4v) is 4.11. The molecule has 0 unspecified atom stereocenters. The first-order valence-electron chi connectivity index (χ1n) is 10.6. The lowest BCUT2D eigenvalue weighted by molar-refractivity contribution is -0.125. The van der Waals surface area contributed by atoms with E-state index in [1.54, 1.807) is 48.4 Å². The number of rotatable bonds is 6. The molecule has 0 spiro atoms. The Bertz CT molecular complexity index is 1070. The van der Waals surface area contributed by atoms with Crippen LogP contribution in [0.1, 0.15) is 27.4 Å². The number of carbonyl (C=O) groups is 2. The van der Waals surface area contributed by atoms with Gasteiger partial charge in [-0.05, 0) is 47.5 Å². The van der Waals surface area contributed by atoms with Crippen molar-refractivity contribution in [2.75, 3.05) is 20.2 Å². The average molecular weight is 432 g/mol. The number of nitrogens with zero attached hydrogens (tertiary/aromatic N) is 1. The molecule has 1 aliphatic rings. The van der Waals surface area contributed by atoms with Crippen LogP contribution in [0.4, 0.5) is 4.39 Å². The SMILES string of the molecule is COc1ccc(C(=O)N2C[C@H](C(=O)NCc3ccc(F)cc3)[C@H](c3ccccc3)C2)cc1. The van der Waals surface area contributed by atoms with E-state index in [0.29, 0.717) is 30.9 Å². The van der Waals surface area contributed by atoms with E-state index in [9.17, 15) is 14.0 Å². The Morgan fingerprint density at radius 3 is 2.31 bits per heavy atom. The zero-order valence-corrected chi connectivity index (χ0v) is 17.8. The van der Waals surface area contributed by atoms with Gasteiger partial charge in [-0.2, -0.15) is 0 Å². The van der Waals surface area contributed by atoms with Crippen molar-refractivity contribution in [1.29, 1.82) is 0 Å². The average Bonchev–Trinajstić information content (AvgIpc) is 3.29. The Hall–Kier alpha value is -3.67. The van der Waals surface area contributed by atoms with E-state index in [1.165, 1.54) is 12.1 Å². The van der Waals surface area contributed by atoms with Crippen molar-refractivity contribution < 1.29 is 18.7 Å². The highest BCUT2D eigenvalue weighted by Gasteiger charge is 2.40. The molecule has 0 aromatic heterocycles. The summed E-state index contributed by atoms with van der Waals surface area (Å²) in [5.41, 5.74) is 2.41. The number of hydrogen-bond donors (Lipinski definition) is 1. The highest BCUT2D eigenvalue weighted by Crippen LogP contribution is 2.34. The van der Waals surface area contributed by atoms with Crippen molar-refractivity contribution in [2.45, 2.75) is 12.5 Å². The molecule has 0 bridgehead atoms. The van der Waals surface area contributed by atoms with Gasteiger partial charge in [0.2, 0.25) is 5.91 Å². The molecule has 3 aromatic carbocycles. The van der Waals surface area contributed by atoms with Gasteiger partial charge in [0.1, 0.15) is 11.6 Å². The summed E-state index contributed by atoms with van der Waals surface area (Å²) in [5, 5.41) is 2.96. The predicted octanol–water partition coefficient (Wildman–Crippen LogP) is 4.01. The zero-order chi connectivity index (χ0) is 22.5. The molecule has 2 amide bonds. The van der Waals surface area contributed by atoms with Gasteiger partial charge in [0.15, 0.2) is 0 Å². The molecule has 1 aliphatic heterocycles. The third-order valence-corrected chi connectivity index (χ3v) is 5.89. The first-order valence-corrected chi connectivity index (χ1v) is 10.6. The Morgan fingerprint density at radius 2 is 1.66 bits per heavy atom. The van der Waals surface area contributed by atoms with E-state index in [-0.39, 0.29) is 29.5 Å². The first kappa shape index (κ1) is 21.6. The van der Waals surface area contributed by atoms with Crippen LogP contribution in [0.15, 0.2) is 78.9 Å². The minimum Gasteiger partial charge on any atom is -0.497 e. The van der Waals surface area contributed by atoms with Crippen LogP contribution in [0.5, 0.6) is 5.75 Å². The molecule has 5 nitrogen and oxygen atoms in total. The van der Waals surface area contributed by atoms with Gasteiger partial charge in [-0.15, -0.1) is 0 Å². The number of benzene rings is 3. The Labute approximate surface area is 186 Å². The molecule has 1 heterocycles. The first-order chi connectivity index (χ1) is 15.5. The van der Waals surface area contributed by atoms with Crippen LogP contribution < -0.4 is 10.1 Å². The molecule has 4 rings (SSSR count). The van der Waals surface area contributed by atoms with Gasteiger partial charge < -0.3 is 15.0 Å². The second-order valence-corrected chi connectivity index (χ2v) is 7.91. The number of halogens is 1. The fraction of sp³-hybridized carbons (Fsp3) is 0.231. The number of ether oxygens (including phenoxy) is 1. The largest absolute Gasteiger partial charge is 0.497 e. The van der Waals surface area contributed by atoms with Crippen molar-refractivity contribution in [2.24, 2.45) is 5.92 Å². The summed E-state index contributed by atoms with van der Waals surface area (Å²) in [5.74, 6) is -0.335. The third-order valence-electron chi connectivity index (χ3n) is 5.89. The molecule has 164 valence electrons. The highest BCUT2D eigenvalue weighted by molar-refractivity contribution is 5.95. The van der Waals surface area contributed by atoms with E-state index < -0.39 is 0 Å². The highest BCUT2D eigenvalue weighted by atomic mass is 19.1. The smallest absolute Gasteiger partial charge is 0.253 e. The predicted molar refractivity (Wildman–Crippen MR) is 120 cm³/mol. The zero-order valence-electron chi connectivity index (χ0n) is 17.8. The van der Waals surface area contributed by atoms with Crippen LogP contribution in [0.25, 0.3) is 0 Å². The molecular formula is C26H25FN2O3. The summed E-state index contributed by atoms with van der Waals surface area (Å²) in [7, 11) is 1.58. The molecule has 6 heteroatoms. The van der Waals surface area contributed by atoms with Crippen LogP contribution in [0.2, 0.25) is 0 Å². The Kier molecular flexibility index (Phi) is 6.50. The molecule has 1 saturated heterocycles. The van der Waals surface area contributed by atoms with Crippen molar-refractivity contribution >= 4 is 11.8 Å². The van der Waals surface area contributed by atoms with Crippen molar-refractivity contribution in [1.82, 2.24) is 10.2 Å². The third kappa shape index (κ3) is 4.80. The quantitative estimate of drug-likeness (QED) is 0.640. The monoisotopic (exact) mass is 432 g/mol. The molecule has 3 aromatic rings. The molecule has 1 fully saturated rings. The van der Waals surface area contributed by atoms with E-state index >= 15 is 0 Å². The summed E-state index contributed by atoms with van der Waals surface area (Å²) in [6, 6.07) is 22.8. The number of nitrogens with one attached hydrogen (secondary N) is 1. The summed E-state index contributed by atoms with van der Waals surface area (Å²) in [6.45, 7) is 1.10. The molecule has 32 heavy (non-hydrogen) atoms. The van der Waals surface area contributed by atoms with Gasteiger partial charge in [0, 0.05) is 31.1 Å². The lowest BCUT2D eigenvalue weighted by Crippen LogP contribution is -2.35. The lowest BCUT2D eigenvalue weighted by atomic mass is 9.88. The van der Waals surface area contributed by atoms with Crippen LogP contribution in [0, 0.1) is 11.7 Å². The maximum absolute atomic E-state index is 13.1. The van der Waals surface area contributed by atoms with Gasteiger partial charge in [-0.3, -0.25) is 9.59 Å². The number of likely N-dealkylation sites (tertiary alicyclic amines) is 1. The van der Waals surface area contributed by atoms with Crippen LogP contribution >= 0.6 is 0 Å². The molecule has 0 radical (unpaired) electrons. The van der Waals surface area contributed by atoms with Crippen LogP contribution in [-0.4, -0.2) is 36.9 Å². The van der Waals surface area contributed by atoms with Gasteiger partial charge >= 0.3 is 0 Å². The van der Waals surface area contributed by atoms with E-state index in [1.807, 2.05) is 30.3 Å². The minimum absolute atomic E-state index is 0.105. The van der Waals surface area contributed by atoms with Crippen LogP contribution in [-0.2, 0) is 11.3 Å². The van der Waals surface area contributed by atoms with Gasteiger partial charge in [0.25, 0.3) is 5.91 Å². The second kappa shape index (κ2) is 9.64. The summed E-state index contributed by atoms with van der Waals surface area (Å²) >= 11 is 0. The number of carbonyl (C=O) groups excluding carboxylic acids is 2. The van der Waals surface area contributed by atoms with Crippen molar-refractivity contribution in [3.63, 3.8) is 0 Å². The maximum Gasteiger partial charge on any atom is 0.253 e. The maximum atomic E-state index is 13.1. The number of amides is 2. The standard InChI is InChI=1S/C26H25FN2O3/c1-32-22-13-9-20(10-14-22)26(31)29-16-23(19-5-3-2-4-6-19)24(17-29)25(30)28-15-18-7-11-21(27)12-8-18/h2-14,23-24H,15-17H2,1H3,(H,28,30)/t23-,24-/m0/s1. The lowest BCUT2D eigenvalue weighted by Gasteiger charge is -2.18. The molecule has 0 saturated carbocycles. The van der Waals surface area contributed by atoms with Gasteiger partial charge in [-0.25, -0.2) is 4.39 Å². The number of hydrogen-bond acceptors (Lipinski definition) is 3. The molecule has 0 aliphatic carbocycles. The number of methoxy groups -OCH3 is 1. The normalized spacial score (nSPS) is 17.8. The van der Waals surface area contributed by atoms with E-state index in [0.717, 1.165) is 11.1 Å². The molecule has 1 N–H and O–H groups in total. The topological polar surface area (TPSA) is 58.6 Å². The summed E-state index contributed by atoms with van der Waals surface area (Å²) in [4.78, 5) is 28.0. The molecular weight excluding hydrogens is 407 g/mol. The minimum atomic E-state index is -0.375. The molecule has 2 atom stereocenters. The van der Waals surface area contributed by atoms with Crippen molar-refractivity contribution in [3.05, 3.63) is 101 Å². The van der Waals surface area contributed by atoms with E-state index in [2.05, 4.69) is 5.32 Å². The fourth-order valence-electron chi connectivity index (χ4n) is 4.11. The van der Waals surface area contributed by atoms with Gasteiger partial charge in [0.05, 0.1) is 13.0 Å². The van der Waals surface area contributed by atoms with E-state index in [4.69, 9.17) is 4.74 Å². The summed E-state index contributed by atoms with van der Waals surface area (Å²) < 4.78 is 18.3. The Balaban J connectivity index is 1.51. The van der Waals surface area contributed by atoms with Gasteiger partial charge in [-0.1, -0.05) is 42.5 Å². The van der Waals surface area contributed by atoms with Crippen LogP contribution in [0.3, 0.4) is 0 Å². The second-order valence-electron chi connectivity index (χ2n) is 7.91. The Morgan fingerprint density at radius 1 is 0.969 bits per heavy atom. The van der Waals surface area contributed by atoms with Crippen molar-refractivity contribution in [3.8, 4) is 5.75 Å².